The van der Waals surface area contributed by atoms with Crippen LogP contribution in [0.1, 0.15) is 11.5 Å². The Hall–Kier alpha value is -2.63. The summed E-state index contributed by atoms with van der Waals surface area (Å²) in [6.45, 7) is 2.66. The summed E-state index contributed by atoms with van der Waals surface area (Å²) in [5.41, 5.74) is 2.08. The van der Waals surface area contributed by atoms with Crippen LogP contribution in [0.2, 0.25) is 0 Å². The van der Waals surface area contributed by atoms with Gasteiger partial charge in [-0.15, -0.1) is 0 Å². The lowest BCUT2D eigenvalue weighted by Crippen LogP contribution is -2.08. The standard InChI is InChI=1S/C14H16N6/c1-11-16-6-7-20(11)14-13(4-3-5-17-14)18-9-12-8-15-10-19(12)2/h3-8,10,18H,9H2,1-2H3. The molecule has 1 N–H and O–H groups in total. The SMILES string of the molecule is Cc1nccn1-c1ncccc1NCc1cncn1C. The zero-order valence-corrected chi connectivity index (χ0v) is 11.5. The molecule has 3 rings (SSSR count). The van der Waals surface area contributed by atoms with Crippen LogP contribution in [0.4, 0.5) is 5.69 Å². The van der Waals surface area contributed by atoms with Crippen molar-refractivity contribution in [1.29, 1.82) is 0 Å². The molecule has 0 fully saturated rings. The lowest BCUT2D eigenvalue weighted by atomic mass is 10.3. The van der Waals surface area contributed by atoms with Crippen LogP contribution in [0.15, 0.2) is 43.2 Å². The maximum Gasteiger partial charge on any atom is 0.161 e. The molecule has 3 heterocycles. The lowest BCUT2D eigenvalue weighted by molar-refractivity contribution is 0.835. The van der Waals surface area contributed by atoms with Gasteiger partial charge in [-0.05, 0) is 19.1 Å². The Bertz CT molecular complexity index is 712. The van der Waals surface area contributed by atoms with E-state index in [4.69, 9.17) is 0 Å². The number of rotatable bonds is 4. The molecule has 0 saturated heterocycles. The Kier molecular flexibility index (Phi) is 3.20. The van der Waals surface area contributed by atoms with Gasteiger partial charge in [0, 0.05) is 31.8 Å². The fraction of sp³-hybridized carbons (Fsp3) is 0.214. The first-order chi connectivity index (χ1) is 9.75. The van der Waals surface area contributed by atoms with Crippen molar-refractivity contribution in [1.82, 2.24) is 24.1 Å². The average Bonchev–Trinajstić information content (AvgIpc) is 3.06. The fourth-order valence-electron chi connectivity index (χ4n) is 2.07. The van der Waals surface area contributed by atoms with Gasteiger partial charge in [0.25, 0.3) is 0 Å². The summed E-state index contributed by atoms with van der Waals surface area (Å²) < 4.78 is 3.96. The quantitative estimate of drug-likeness (QED) is 0.785. The maximum absolute atomic E-state index is 4.44. The van der Waals surface area contributed by atoms with Crippen LogP contribution in [0.3, 0.4) is 0 Å². The zero-order chi connectivity index (χ0) is 13.9. The number of aryl methyl sites for hydroxylation is 2. The van der Waals surface area contributed by atoms with Crippen molar-refractivity contribution in [2.75, 3.05) is 5.32 Å². The van der Waals surface area contributed by atoms with Crippen LogP contribution in [0.5, 0.6) is 0 Å². The van der Waals surface area contributed by atoms with E-state index in [0.717, 1.165) is 23.0 Å². The Morgan fingerprint density at radius 2 is 2.15 bits per heavy atom. The smallest absolute Gasteiger partial charge is 0.161 e. The minimum absolute atomic E-state index is 0.697. The van der Waals surface area contributed by atoms with Crippen molar-refractivity contribution >= 4 is 5.69 Å². The van der Waals surface area contributed by atoms with Gasteiger partial charge in [-0.2, -0.15) is 0 Å². The molecule has 102 valence electrons. The molecule has 0 radical (unpaired) electrons. The molecule has 3 aromatic heterocycles. The first-order valence-corrected chi connectivity index (χ1v) is 6.40. The molecule has 0 saturated carbocycles. The third-order valence-electron chi connectivity index (χ3n) is 3.22. The maximum atomic E-state index is 4.44. The Labute approximate surface area is 117 Å². The number of imidazole rings is 2. The van der Waals surface area contributed by atoms with E-state index in [1.807, 2.05) is 47.6 Å². The summed E-state index contributed by atoms with van der Waals surface area (Å²) in [7, 11) is 1.98. The van der Waals surface area contributed by atoms with E-state index in [-0.39, 0.29) is 0 Å². The van der Waals surface area contributed by atoms with Gasteiger partial charge in [0.15, 0.2) is 5.82 Å². The molecule has 0 bridgehead atoms. The molecule has 0 aliphatic carbocycles. The van der Waals surface area contributed by atoms with E-state index < -0.39 is 0 Å². The average molecular weight is 268 g/mol. The molecule has 6 heteroatoms. The largest absolute Gasteiger partial charge is 0.376 e. The fourth-order valence-corrected chi connectivity index (χ4v) is 2.07. The summed E-state index contributed by atoms with van der Waals surface area (Å²) in [6.07, 6.45) is 9.11. The van der Waals surface area contributed by atoms with Crippen molar-refractivity contribution in [2.45, 2.75) is 13.5 Å². The van der Waals surface area contributed by atoms with Crippen molar-refractivity contribution in [3.63, 3.8) is 0 Å². The first-order valence-electron chi connectivity index (χ1n) is 6.40. The highest BCUT2D eigenvalue weighted by molar-refractivity contribution is 5.57. The number of anilines is 1. The normalized spacial score (nSPS) is 10.7. The second-order valence-corrected chi connectivity index (χ2v) is 4.57. The second kappa shape index (κ2) is 5.16. The van der Waals surface area contributed by atoms with Crippen LogP contribution >= 0.6 is 0 Å². The van der Waals surface area contributed by atoms with Crippen LogP contribution in [-0.4, -0.2) is 24.1 Å². The summed E-state index contributed by atoms with van der Waals surface area (Å²) in [6, 6.07) is 3.93. The van der Waals surface area contributed by atoms with Gasteiger partial charge in [-0.25, -0.2) is 15.0 Å². The molecule has 20 heavy (non-hydrogen) atoms. The molecular weight excluding hydrogens is 252 g/mol. The van der Waals surface area contributed by atoms with Gasteiger partial charge < -0.3 is 9.88 Å². The van der Waals surface area contributed by atoms with Gasteiger partial charge in [-0.1, -0.05) is 0 Å². The first kappa shape index (κ1) is 12.4. The van der Waals surface area contributed by atoms with E-state index in [0.29, 0.717) is 6.54 Å². The van der Waals surface area contributed by atoms with E-state index in [9.17, 15) is 0 Å². The van der Waals surface area contributed by atoms with Crippen molar-refractivity contribution in [3.8, 4) is 5.82 Å². The third-order valence-corrected chi connectivity index (χ3v) is 3.22. The third kappa shape index (κ3) is 2.27. The van der Waals surface area contributed by atoms with E-state index in [1.165, 1.54) is 0 Å². The van der Waals surface area contributed by atoms with Crippen LogP contribution in [-0.2, 0) is 13.6 Å². The topological polar surface area (TPSA) is 60.6 Å². The minimum Gasteiger partial charge on any atom is -0.376 e. The van der Waals surface area contributed by atoms with E-state index in [1.54, 1.807) is 18.7 Å². The summed E-state index contributed by atoms with van der Waals surface area (Å²) in [4.78, 5) is 12.8. The second-order valence-electron chi connectivity index (χ2n) is 4.57. The van der Waals surface area contributed by atoms with Crippen LogP contribution < -0.4 is 5.32 Å². The van der Waals surface area contributed by atoms with Crippen LogP contribution in [0.25, 0.3) is 5.82 Å². The lowest BCUT2D eigenvalue weighted by Gasteiger charge is -2.12. The highest BCUT2D eigenvalue weighted by Crippen LogP contribution is 2.19. The molecule has 0 amide bonds. The molecule has 0 spiro atoms. The number of pyridine rings is 1. The Morgan fingerprint density at radius 1 is 1.25 bits per heavy atom. The summed E-state index contributed by atoms with van der Waals surface area (Å²) >= 11 is 0. The summed E-state index contributed by atoms with van der Waals surface area (Å²) in [5.74, 6) is 1.76. The molecule has 0 aliphatic heterocycles. The Morgan fingerprint density at radius 3 is 2.85 bits per heavy atom. The number of nitrogens with one attached hydrogen (secondary N) is 1. The predicted octanol–water partition coefficient (Wildman–Crippen LogP) is 1.92. The molecule has 0 aromatic carbocycles. The van der Waals surface area contributed by atoms with E-state index >= 15 is 0 Å². The minimum atomic E-state index is 0.697. The number of hydrogen-bond acceptors (Lipinski definition) is 4. The number of aromatic nitrogens is 5. The van der Waals surface area contributed by atoms with Gasteiger partial charge in [0.1, 0.15) is 5.82 Å². The predicted molar refractivity (Wildman–Crippen MR) is 76.6 cm³/mol. The molecule has 3 aromatic rings. The molecule has 0 atom stereocenters. The highest BCUT2D eigenvalue weighted by Gasteiger charge is 2.08. The monoisotopic (exact) mass is 268 g/mol. The number of hydrogen-bond donors (Lipinski definition) is 1. The van der Waals surface area contributed by atoms with Gasteiger partial charge >= 0.3 is 0 Å². The summed E-state index contributed by atoms with van der Waals surface area (Å²) in [5, 5.41) is 3.40. The highest BCUT2D eigenvalue weighted by atomic mass is 15.1. The Balaban J connectivity index is 1.87. The van der Waals surface area contributed by atoms with Crippen molar-refractivity contribution in [2.24, 2.45) is 7.05 Å². The number of nitrogens with zero attached hydrogens (tertiary/aromatic N) is 5. The van der Waals surface area contributed by atoms with Gasteiger partial charge in [-0.3, -0.25) is 4.57 Å². The molecule has 0 unspecified atom stereocenters. The molecular formula is C14H16N6. The van der Waals surface area contributed by atoms with Gasteiger partial charge in [0.2, 0.25) is 0 Å². The van der Waals surface area contributed by atoms with Crippen molar-refractivity contribution < 1.29 is 0 Å². The van der Waals surface area contributed by atoms with Gasteiger partial charge in [0.05, 0.1) is 24.3 Å². The van der Waals surface area contributed by atoms with Crippen LogP contribution in [0, 0.1) is 6.92 Å². The van der Waals surface area contributed by atoms with E-state index in [2.05, 4.69) is 20.3 Å². The molecule has 6 nitrogen and oxygen atoms in total. The van der Waals surface area contributed by atoms with Crippen molar-refractivity contribution in [3.05, 3.63) is 54.8 Å². The molecule has 0 aliphatic rings. The zero-order valence-electron chi connectivity index (χ0n) is 11.5.